The summed E-state index contributed by atoms with van der Waals surface area (Å²) >= 11 is 1.83. The number of ether oxygens (including phenoxy) is 1. The van der Waals surface area contributed by atoms with Crippen LogP contribution in [0.5, 0.6) is 0 Å². The molecule has 2 saturated heterocycles. The molecule has 7 heteroatoms. The number of amides is 1. The van der Waals surface area contributed by atoms with E-state index in [0.29, 0.717) is 12.0 Å². The van der Waals surface area contributed by atoms with Crippen molar-refractivity contribution in [2.45, 2.75) is 76.8 Å². The van der Waals surface area contributed by atoms with Crippen molar-refractivity contribution in [2.24, 2.45) is 16.9 Å². The van der Waals surface area contributed by atoms with Gasteiger partial charge in [0.15, 0.2) is 5.17 Å². The van der Waals surface area contributed by atoms with E-state index < -0.39 is 0 Å². The topological polar surface area (TPSA) is 66.0 Å². The average Bonchev–Trinajstić information content (AvgIpc) is 3.11. The summed E-state index contributed by atoms with van der Waals surface area (Å²) in [6.45, 7) is 4.65. The van der Waals surface area contributed by atoms with Gasteiger partial charge >= 0.3 is 0 Å². The standard InChI is InChI=1S/C21H38N4O2S/c1-3-18-15-28-21(25(18)2)24-22-12-9-19(16-10-13-27-14-11-16)23-20(26)17-7-5-4-6-8-17/h16-19,22H,3-15H2,1-2H3,(H,23,26)/t18-,19?/m1/s1. The third-order valence-corrected chi connectivity index (χ3v) is 7.79. The zero-order valence-electron chi connectivity index (χ0n) is 17.6. The van der Waals surface area contributed by atoms with Gasteiger partial charge in [-0.05, 0) is 44.4 Å². The van der Waals surface area contributed by atoms with Gasteiger partial charge in [-0.25, -0.2) is 0 Å². The highest BCUT2D eigenvalue weighted by molar-refractivity contribution is 8.14. The van der Waals surface area contributed by atoms with Crippen LogP contribution < -0.4 is 10.7 Å². The number of nitrogens with zero attached hydrogens (tertiary/aromatic N) is 2. The second-order valence-corrected chi connectivity index (χ2v) is 9.46. The Morgan fingerprint density at radius 2 is 2.00 bits per heavy atom. The second kappa shape index (κ2) is 11.3. The van der Waals surface area contributed by atoms with Gasteiger partial charge in [0.05, 0.1) is 0 Å². The van der Waals surface area contributed by atoms with Crippen LogP contribution in [0.3, 0.4) is 0 Å². The molecule has 0 aromatic carbocycles. The first-order chi connectivity index (χ1) is 13.7. The molecular formula is C21H38N4O2S. The Bertz CT molecular complexity index is 519. The van der Waals surface area contributed by atoms with Crippen LogP contribution in [-0.2, 0) is 9.53 Å². The lowest BCUT2D eigenvalue weighted by atomic mass is 9.86. The third-order valence-electron chi connectivity index (χ3n) is 6.61. The van der Waals surface area contributed by atoms with Gasteiger partial charge in [0.2, 0.25) is 5.91 Å². The Kier molecular flexibility index (Phi) is 8.77. The number of hydrogen-bond acceptors (Lipinski definition) is 5. The molecular weight excluding hydrogens is 372 g/mol. The molecule has 3 fully saturated rings. The van der Waals surface area contributed by atoms with Crippen LogP contribution in [-0.4, -0.2) is 60.6 Å². The Morgan fingerprint density at radius 3 is 2.68 bits per heavy atom. The van der Waals surface area contributed by atoms with Crippen molar-refractivity contribution < 1.29 is 9.53 Å². The normalized spacial score (nSPS) is 27.1. The zero-order valence-corrected chi connectivity index (χ0v) is 18.4. The predicted octanol–water partition coefficient (Wildman–Crippen LogP) is 3.19. The summed E-state index contributed by atoms with van der Waals surface area (Å²) in [5.74, 6) is 2.14. The maximum atomic E-state index is 12.8. The third kappa shape index (κ3) is 6.02. The van der Waals surface area contributed by atoms with Gasteiger partial charge in [0, 0.05) is 50.6 Å². The van der Waals surface area contributed by atoms with E-state index in [2.05, 4.69) is 34.7 Å². The van der Waals surface area contributed by atoms with Crippen LogP contribution >= 0.6 is 11.8 Å². The fourth-order valence-corrected chi connectivity index (χ4v) is 5.88. The minimum atomic E-state index is 0.221. The van der Waals surface area contributed by atoms with Crippen LogP contribution in [0, 0.1) is 11.8 Å². The molecule has 3 rings (SSSR count). The smallest absolute Gasteiger partial charge is 0.223 e. The maximum absolute atomic E-state index is 12.8. The van der Waals surface area contributed by atoms with Crippen molar-refractivity contribution in [1.82, 2.24) is 15.6 Å². The van der Waals surface area contributed by atoms with E-state index in [4.69, 9.17) is 4.74 Å². The second-order valence-electron chi connectivity index (χ2n) is 8.47. The minimum absolute atomic E-state index is 0.221. The predicted molar refractivity (Wildman–Crippen MR) is 116 cm³/mol. The lowest BCUT2D eigenvalue weighted by Crippen LogP contribution is -2.46. The first kappa shape index (κ1) is 21.8. The number of hydrazone groups is 1. The molecule has 2 atom stereocenters. The molecule has 0 aromatic rings. The number of hydrogen-bond donors (Lipinski definition) is 2. The molecule has 0 spiro atoms. The molecule has 0 aromatic heterocycles. The van der Waals surface area contributed by atoms with Gasteiger partial charge in [-0.15, -0.1) is 0 Å². The van der Waals surface area contributed by atoms with E-state index in [1.54, 1.807) is 0 Å². The Labute approximate surface area is 174 Å². The minimum Gasteiger partial charge on any atom is -0.381 e. The highest BCUT2D eigenvalue weighted by atomic mass is 32.2. The molecule has 0 bridgehead atoms. The number of carbonyl (C=O) groups excluding carboxylic acids is 1. The number of nitrogens with one attached hydrogen (secondary N) is 2. The molecule has 160 valence electrons. The lowest BCUT2D eigenvalue weighted by molar-refractivity contribution is -0.127. The van der Waals surface area contributed by atoms with Gasteiger partial charge in [-0.2, -0.15) is 5.10 Å². The summed E-state index contributed by atoms with van der Waals surface area (Å²) in [6.07, 6.45) is 9.95. The number of carbonyl (C=O) groups is 1. The Hall–Kier alpha value is -0.950. The van der Waals surface area contributed by atoms with E-state index >= 15 is 0 Å². The van der Waals surface area contributed by atoms with Gasteiger partial charge in [0.1, 0.15) is 0 Å². The monoisotopic (exact) mass is 410 g/mol. The maximum Gasteiger partial charge on any atom is 0.223 e. The van der Waals surface area contributed by atoms with Crippen molar-refractivity contribution >= 4 is 22.8 Å². The molecule has 2 N–H and O–H groups in total. The number of thioether (sulfide) groups is 1. The number of amidine groups is 1. The molecule has 2 heterocycles. The van der Waals surface area contributed by atoms with Crippen LogP contribution in [0.25, 0.3) is 0 Å². The van der Waals surface area contributed by atoms with E-state index in [-0.39, 0.29) is 17.9 Å². The molecule has 2 aliphatic heterocycles. The first-order valence-electron chi connectivity index (χ1n) is 11.2. The van der Waals surface area contributed by atoms with Crippen LogP contribution in [0.2, 0.25) is 0 Å². The zero-order chi connectivity index (χ0) is 19.8. The quantitative estimate of drug-likeness (QED) is 0.475. The van der Waals surface area contributed by atoms with Crippen LogP contribution in [0.15, 0.2) is 5.10 Å². The largest absolute Gasteiger partial charge is 0.381 e. The van der Waals surface area contributed by atoms with Crippen molar-refractivity contribution in [3.63, 3.8) is 0 Å². The average molecular weight is 411 g/mol. The van der Waals surface area contributed by atoms with E-state index in [9.17, 15) is 4.79 Å². The van der Waals surface area contributed by atoms with Gasteiger partial charge in [-0.3, -0.25) is 4.79 Å². The summed E-state index contributed by atoms with van der Waals surface area (Å²) in [5.41, 5.74) is 3.27. The highest BCUT2D eigenvalue weighted by Crippen LogP contribution is 2.26. The van der Waals surface area contributed by atoms with Crippen molar-refractivity contribution in [2.75, 3.05) is 32.6 Å². The SMILES string of the molecule is CC[C@@H]1CSC(=NNCCC(NC(=O)C2CCCCC2)C2CCOCC2)N1C. The van der Waals surface area contributed by atoms with Gasteiger partial charge in [-0.1, -0.05) is 37.9 Å². The summed E-state index contributed by atoms with van der Waals surface area (Å²) < 4.78 is 5.54. The summed E-state index contributed by atoms with van der Waals surface area (Å²) in [6, 6.07) is 0.818. The molecule has 6 nitrogen and oxygen atoms in total. The fourth-order valence-electron chi connectivity index (χ4n) is 4.60. The Morgan fingerprint density at radius 1 is 1.25 bits per heavy atom. The van der Waals surface area contributed by atoms with Crippen LogP contribution in [0.1, 0.15) is 64.7 Å². The molecule has 1 aliphatic carbocycles. The Balaban J connectivity index is 1.50. The van der Waals surface area contributed by atoms with E-state index in [0.717, 1.165) is 69.2 Å². The molecule has 3 aliphatic rings. The lowest BCUT2D eigenvalue weighted by Gasteiger charge is -2.32. The van der Waals surface area contributed by atoms with E-state index in [1.807, 2.05) is 11.8 Å². The van der Waals surface area contributed by atoms with Crippen LogP contribution in [0.4, 0.5) is 0 Å². The number of rotatable bonds is 8. The molecule has 28 heavy (non-hydrogen) atoms. The van der Waals surface area contributed by atoms with Crippen molar-refractivity contribution in [3.05, 3.63) is 0 Å². The molecule has 1 amide bonds. The van der Waals surface area contributed by atoms with Crippen molar-refractivity contribution in [1.29, 1.82) is 0 Å². The van der Waals surface area contributed by atoms with E-state index in [1.165, 1.54) is 19.3 Å². The highest BCUT2D eigenvalue weighted by Gasteiger charge is 2.29. The molecule has 1 saturated carbocycles. The molecule has 0 radical (unpaired) electrons. The summed E-state index contributed by atoms with van der Waals surface area (Å²) in [7, 11) is 2.13. The fraction of sp³-hybridized carbons (Fsp3) is 0.905. The summed E-state index contributed by atoms with van der Waals surface area (Å²) in [4.78, 5) is 15.1. The first-order valence-corrected chi connectivity index (χ1v) is 12.2. The van der Waals surface area contributed by atoms with Gasteiger partial charge in [0.25, 0.3) is 0 Å². The summed E-state index contributed by atoms with van der Waals surface area (Å²) in [5, 5.41) is 9.10. The molecule has 1 unspecified atom stereocenters. The van der Waals surface area contributed by atoms with Gasteiger partial charge < -0.3 is 20.4 Å². The van der Waals surface area contributed by atoms with Crippen molar-refractivity contribution in [3.8, 4) is 0 Å².